The predicted molar refractivity (Wildman–Crippen MR) is 77.9 cm³/mol. The molecule has 102 valence electrons. The van der Waals surface area contributed by atoms with Crippen LogP contribution in [0.15, 0.2) is 0 Å². The third-order valence-electron chi connectivity index (χ3n) is 3.97. The molecule has 1 fully saturated rings. The molecule has 0 aromatic heterocycles. The molecule has 0 amide bonds. The molecule has 2 heteroatoms. The van der Waals surface area contributed by atoms with Crippen LogP contribution in [0.25, 0.3) is 0 Å². The molecular weight excluding hydrogens is 230 g/mol. The van der Waals surface area contributed by atoms with E-state index in [0.29, 0.717) is 0 Å². The third kappa shape index (κ3) is 7.31. The van der Waals surface area contributed by atoms with Crippen molar-refractivity contribution >= 4 is 11.6 Å². The highest BCUT2D eigenvalue weighted by molar-refractivity contribution is 6.17. The Labute approximate surface area is 113 Å². The van der Waals surface area contributed by atoms with Gasteiger partial charge in [-0.25, -0.2) is 0 Å². The van der Waals surface area contributed by atoms with Crippen LogP contribution >= 0.6 is 11.6 Å². The molecule has 1 atom stereocenters. The summed E-state index contributed by atoms with van der Waals surface area (Å²) in [5, 5.41) is 0. The van der Waals surface area contributed by atoms with Crippen LogP contribution < -0.4 is 0 Å². The van der Waals surface area contributed by atoms with E-state index in [1.165, 1.54) is 77.4 Å². The molecule has 0 aliphatic carbocycles. The zero-order chi connectivity index (χ0) is 12.3. The van der Waals surface area contributed by atoms with Gasteiger partial charge in [-0.05, 0) is 38.3 Å². The zero-order valence-corrected chi connectivity index (χ0v) is 12.4. The minimum absolute atomic E-state index is 0.843. The van der Waals surface area contributed by atoms with Crippen molar-refractivity contribution < 1.29 is 0 Å². The highest BCUT2D eigenvalue weighted by Gasteiger charge is 2.20. The molecule has 1 nitrogen and oxygen atoms in total. The lowest BCUT2D eigenvalue weighted by atomic mass is 10.1. The van der Waals surface area contributed by atoms with Crippen LogP contribution in [0.5, 0.6) is 0 Å². The summed E-state index contributed by atoms with van der Waals surface area (Å²) in [5.74, 6) is 1.73. The maximum absolute atomic E-state index is 5.80. The molecule has 1 heterocycles. The largest absolute Gasteiger partial charge is 0.303 e. The zero-order valence-electron chi connectivity index (χ0n) is 11.6. The van der Waals surface area contributed by atoms with Gasteiger partial charge in [-0.1, -0.05) is 45.4 Å². The van der Waals surface area contributed by atoms with E-state index in [0.717, 1.165) is 11.8 Å². The summed E-state index contributed by atoms with van der Waals surface area (Å²) in [5.41, 5.74) is 0. The van der Waals surface area contributed by atoms with E-state index >= 15 is 0 Å². The number of nitrogens with zero attached hydrogens (tertiary/aromatic N) is 1. The second-order valence-electron chi connectivity index (χ2n) is 5.55. The first-order valence-corrected chi connectivity index (χ1v) is 8.18. The second-order valence-corrected chi connectivity index (χ2v) is 5.93. The number of likely N-dealkylation sites (tertiary alicyclic amines) is 1. The summed E-state index contributed by atoms with van der Waals surface area (Å²) in [6.07, 6.45) is 12.5. The summed E-state index contributed by atoms with van der Waals surface area (Å²) >= 11 is 5.80. The van der Waals surface area contributed by atoms with E-state index in [2.05, 4.69) is 11.8 Å². The van der Waals surface area contributed by atoms with E-state index < -0.39 is 0 Å². The van der Waals surface area contributed by atoms with E-state index in [-0.39, 0.29) is 0 Å². The summed E-state index contributed by atoms with van der Waals surface area (Å²) in [6.45, 7) is 6.23. The number of unbranched alkanes of at least 4 members (excludes halogenated alkanes) is 6. The van der Waals surface area contributed by atoms with Crippen molar-refractivity contribution in [3.8, 4) is 0 Å². The molecule has 17 heavy (non-hydrogen) atoms. The molecule has 0 bridgehead atoms. The Hall–Kier alpha value is 0.250. The highest BCUT2D eigenvalue weighted by Crippen LogP contribution is 2.20. The average molecular weight is 260 g/mol. The van der Waals surface area contributed by atoms with Crippen LogP contribution in [-0.4, -0.2) is 30.4 Å². The van der Waals surface area contributed by atoms with Gasteiger partial charge in [0.2, 0.25) is 0 Å². The highest BCUT2D eigenvalue weighted by atomic mass is 35.5. The fourth-order valence-electron chi connectivity index (χ4n) is 2.80. The number of hydrogen-bond donors (Lipinski definition) is 0. The third-order valence-corrected chi connectivity index (χ3v) is 4.18. The molecule has 1 aliphatic heterocycles. The molecule has 1 rings (SSSR count). The molecule has 0 N–H and O–H groups in total. The van der Waals surface area contributed by atoms with Crippen LogP contribution in [0.2, 0.25) is 0 Å². The van der Waals surface area contributed by atoms with E-state index in [1.54, 1.807) is 0 Å². The topological polar surface area (TPSA) is 3.24 Å². The van der Waals surface area contributed by atoms with Crippen molar-refractivity contribution in [3.05, 3.63) is 0 Å². The second kappa shape index (κ2) is 10.2. The van der Waals surface area contributed by atoms with Crippen molar-refractivity contribution in [2.75, 3.05) is 25.5 Å². The smallest absolute Gasteiger partial charge is 0.0226 e. The maximum atomic E-state index is 5.80. The first kappa shape index (κ1) is 15.3. The first-order valence-electron chi connectivity index (χ1n) is 7.65. The molecule has 0 spiro atoms. The van der Waals surface area contributed by atoms with E-state index in [1.807, 2.05) is 0 Å². The van der Waals surface area contributed by atoms with Gasteiger partial charge >= 0.3 is 0 Å². The Morgan fingerprint density at radius 2 is 1.76 bits per heavy atom. The van der Waals surface area contributed by atoms with Gasteiger partial charge in [0.1, 0.15) is 0 Å². The van der Waals surface area contributed by atoms with Gasteiger partial charge in [-0.15, -0.1) is 11.6 Å². The van der Waals surface area contributed by atoms with Gasteiger partial charge in [0.25, 0.3) is 0 Å². The molecular formula is C15H30ClN. The Morgan fingerprint density at radius 3 is 2.47 bits per heavy atom. The predicted octanol–water partition coefficient (Wildman–Crippen LogP) is 4.69. The van der Waals surface area contributed by atoms with E-state index in [4.69, 9.17) is 11.6 Å². The molecule has 0 saturated carbocycles. The number of alkyl halides is 1. The van der Waals surface area contributed by atoms with Gasteiger partial charge in [-0.2, -0.15) is 0 Å². The Morgan fingerprint density at radius 1 is 1.06 bits per heavy atom. The van der Waals surface area contributed by atoms with Crippen molar-refractivity contribution in [1.29, 1.82) is 0 Å². The average Bonchev–Trinajstić information content (AvgIpc) is 2.76. The van der Waals surface area contributed by atoms with Crippen molar-refractivity contribution in [2.24, 2.45) is 5.92 Å². The quantitative estimate of drug-likeness (QED) is 0.406. The summed E-state index contributed by atoms with van der Waals surface area (Å²) in [7, 11) is 0. The summed E-state index contributed by atoms with van der Waals surface area (Å²) < 4.78 is 0. The summed E-state index contributed by atoms with van der Waals surface area (Å²) in [6, 6.07) is 0. The fraction of sp³-hybridized carbons (Fsp3) is 1.00. The maximum Gasteiger partial charge on any atom is 0.0226 e. The molecule has 1 saturated heterocycles. The Kier molecular flexibility index (Phi) is 9.18. The lowest BCUT2D eigenvalue weighted by molar-refractivity contribution is 0.313. The van der Waals surface area contributed by atoms with Gasteiger partial charge in [0.05, 0.1) is 0 Å². The molecule has 0 aromatic rings. The normalized spacial score (nSPS) is 21.2. The van der Waals surface area contributed by atoms with Gasteiger partial charge in [0.15, 0.2) is 0 Å². The lowest BCUT2D eigenvalue weighted by Gasteiger charge is -2.15. The standard InChI is InChI=1S/C15H30ClN/c1-2-3-4-5-6-7-8-12-17-13-10-15(14-17)9-11-16/h15H,2-14H2,1H3. The van der Waals surface area contributed by atoms with Crippen molar-refractivity contribution in [3.63, 3.8) is 0 Å². The SMILES string of the molecule is CCCCCCCCCN1CCC(CCCl)C1. The Balaban J connectivity index is 1.87. The molecule has 0 radical (unpaired) electrons. The van der Waals surface area contributed by atoms with Gasteiger partial charge in [-0.3, -0.25) is 0 Å². The first-order chi connectivity index (χ1) is 8.36. The molecule has 1 unspecified atom stereocenters. The minimum Gasteiger partial charge on any atom is -0.303 e. The van der Waals surface area contributed by atoms with Crippen LogP contribution in [0.4, 0.5) is 0 Å². The van der Waals surface area contributed by atoms with E-state index in [9.17, 15) is 0 Å². The summed E-state index contributed by atoms with van der Waals surface area (Å²) in [4.78, 5) is 2.64. The fourth-order valence-corrected chi connectivity index (χ4v) is 3.11. The minimum atomic E-state index is 0.843. The molecule has 0 aromatic carbocycles. The van der Waals surface area contributed by atoms with Gasteiger partial charge < -0.3 is 4.90 Å². The van der Waals surface area contributed by atoms with Crippen LogP contribution in [0.1, 0.15) is 64.7 Å². The van der Waals surface area contributed by atoms with Crippen LogP contribution in [0, 0.1) is 5.92 Å². The van der Waals surface area contributed by atoms with Crippen molar-refractivity contribution in [1.82, 2.24) is 4.90 Å². The number of hydrogen-bond acceptors (Lipinski definition) is 1. The number of rotatable bonds is 10. The van der Waals surface area contributed by atoms with Crippen molar-refractivity contribution in [2.45, 2.75) is 64.7 Å². The van der Waals surface area contributed by atoms with Crippen LogP contribution in [-0.2, 0) is 0 Å². The lowest BCUT2D eigenvalue weighted by Crippen LogP contribution is -2.22. The Bertz CT molecular complexity index is 172. The number of halogens is 1. The molecule has 1 aliphatic rings. The monoisotopic (exact) mass is 259 g/mol. The van der Waals surface area contributed by atoms with Crippen LogP contribution in [0.3, 0.4) is 0 Å². The van der Waals surface area contributed by atoms with Gasteiger partial charge in [0, 0.05) is 12.4 Å².